The highest BCUT2D eigenvalue weighted by atomic mass is 35.5. The van der Waals surface area contributed by atoms with E-state index in [4.69, 9.17) is 17.0 Å². The van der Waals surface area contributed by atoms with Crippen LogP contribution in [0, 0.1) is 5.41 Å². The van der Waals surface area contributed by atoms with Crippen molar-refractivity contribution in [3.05, 3.63) is 45.9 Å². The summed E-state index contributed by atoms with van der Waals surface area (Å²) in [6.45, 7) is 5.45. The zero-order valence-electron chi connectivity index (χ0n) is 11.0. The highest BCUT2D eigenvalue weighted by Crippen LogP contribution is 2.30. The summed E-state index contributed by atoms with van der Waals surface area (Å²) in [6, 6.07) is 8.11. The second-order valence-electron chi connectivity index (χ2n) is 4.86. The van der Waals surface area contributed by atoms with E-state index in [9.17, 15) is 0 Å². The third-order valence-electron chi connectivity index (χ3n) is 3.76. The van der Waals surface area contributed by atoms with Crippen LogP contribution in [0.3, 0.4) is 0 Å². The van der Waals surface area contributed by atoms with E-state index in [1.54, 1.807) is 0 Å². The van der Waals surface area contributed by atoms with Crippen molar-refractivity contribution in [3.8, 4) is 0 Å². The van der Waals surface area contributed by atoms with Crippen LogP contribution in [0.4, 0.5) is 0 Å². The van der Waals surface area contributed by atoms with Crippen molar-refractivity contribution in [1.29, 1.82) is 5.41 Å². The number of aromatic nitrogens is 1. The first-order chi connectivity index (χ1) is 9.08. The van der Waals surface area contributed by atoms with Gasteiger partial charge in [-0.25, -0.2) is 0 Å². The van der Waals surface area contributed by atoms with E-state index in [1.807, 2.05) is 19.1 Å². The number of nitrogens with one attached hydrogen (secondary N) is 1. The monoisotopic (exact) mass is 272 g/mol. The molecule has 0 fully saturated rings. The molecule has 0 spiro atoms. The molecule has 1 N–H and O–H groups in total. The largest absolute Gasteiger partial charge is 0.482 e. The van der Waals surface area contributed by atoms with Crippen LogP contribution in [0.1, 0.15) is 19.5 Å². The van der Waals surface area contributed by atoms with E-state index in [1.165, 1.54) is 5.52 Å². The van der Waals surface area contributed by atoms with Crippen molar-refractivity contribution < 1.29 is 0 Å². The SMILES string of the molecule is CC1=C(C)c2cc3cc(Cl)ccc3n2CC[N-]C1=N. The van der Waals surface area contributed by atoms with Crippen molar-refractivity contribution in [2.24, 2.45) is 0 Å². The van der Waals surface area contributed by atoms with Crippen molar-refractivity contribution in [2.45, 2.75) is 20.4 Å². The van der Waals surface area contributed by atoms with E-state index < -0.39 is 0 Å². The summed E-state index contributed by atoms with van der Waals surface area (Å²) in [6.07, 6.45) is 0. The number of hydrogen-bond donors (Lipinski definition) is 1. The van der Waals surface area contributed by atoms with Gasteiger partial charge in [0.15, 0.2) is 0 Å². The molecule has 0 saturated heterocycles. The van der Waals surface area contributed by atoms with Crippen LogP contribution in [0.2, 0.25) is 5.02 Å². The minimum Gasteiger partial charge on any atom is -0.482 e. The number of rotatable bonds is 0. The smallest absolute Gasteiger partial charge is 0.0486 e. The van der Waals surface area contributed by atoms with Crippen LogP contribution in [-0.4, -0.2) is 16.9 Å². The fourth-order valence-corrected chi connectivity index (χ4v) is 2.72. The molecule has 0 saturated carbocycles. The number of allylic oxidation sites excluding steroid dienone is 1. The Hall–Kier alpha value is -1.74. The maximum atomic E-state index is 7.92. The Morgan fingerprint density at radius 3 is 2.79 bits per heavy atom. The molecule has 1 aromatic heterocycles. The topological polar surface area (TPSA) is 42.9 Å². The van der Waals surface area contributed by atoms with Crippen LogP contribution in [-0.2, 0) is 6.54 Å². The lowest BCUT2D eigenvalue weighted by molar-refractivity contribution is 0.758. The van der Waals surface area contributed by atoms with Crippen LogP contribution in [0.15, 0.2) is 29.8 Å². The molecule has 2 heterocycles. The van der Waals surface area contributed by atoms with Gasteiger partial charge in [-0.1, -0.05) is 17.4 Å². The van der Waals surface area contributed by atoms with E-state index in [-0.39, 0.29) is 0 Å². The molecule has 1 aliphatic rings. The number of benzene rings is 1. The van der Waals surface area contributed by atoms with Gasteiger partial charge in [-0.2, -0.15) is 0 Å². The maximum absolute atomic E-state index is 7.92. The normalized spacial score (nSPS) is 16.1. The first kappa shape index (κ1) is 12.3. The Labute approximate surface area is 117 Å². The molecule has 0 radical (unpaired) electrons. The Kier molecular flexibility index (Phi) is 2.86. The van der Waals surface area contributed by atoms with E-state index >= 15 is 0 Å². The second kappa shape index (κ2) is 4.42. The van der Waals surface area contributed by atoms with Crippen LogP contribution < -0.4 is 0 Å². The van der Waals surface area contributed by atoms with Crippen LogP contribution in [0.25, 0.3) is 21.8 Å². The fraction of sp³-hybridized carbons (Fsp3) is 0.267. The Bertz CT molecular complexity index is 709. The number of fused-ring (bicyclic) bond motifs is 3. The summed E-state index contributed by atoms with van der Waals surface area (Å²) in [5.41, 5.74) is 4.39. The lowest BCUT2D eigenvalue weighted by Crippen LogP contribution is -2.13. The molecular weight excluding hydrogens is 258 g/mol. The standard InChI is InChI=1S/C15H15ClN3/c1-9-10(2)15(17)18-5-6-19-13-4-3-12(16)7-11(13)8-14(9)19/h3-4,7-8H,5-6H2,1-2H3,(H-,17,18)/q-1. The average Bonchev–Trinajstić information content (AvgIpc) is 2.73. The first-order valence-electron chi connectivity index (χ1n) is 6.31. The second-order valence-corrected chi connectivity index (χ2v) is 5.30. The highest BCUT2D eigenvalue weighted by Gasteiger charge is 2.13. The minimum atomic E-state index is 0.395. The average molecular weight is 273 g/mol. The van der Waals surface area contributed by atoms with Crippen molar-refractivity contribution in [3.63, 3.8) is 0 Å². The Morgan fingerprint density at radius 2 is 2.00 bits per heavy atom. The molecule has 0 unspecified atom stereocenters. The van der Waals surface area contributed by atoms with Gasteiger partial charge in [-0.05, 0) is 55.8 Å². The first-order valence-corrected chi connectivity index (χ1v) is 6.69. The summed E-state index contributed by atoms with van der Waals surface area (Å²) in [4.78, 5) is 0. The van der Waals surface area contributed by atoms with E-state index in [0.717, 1.165) is 33.8 Å². The molecular formula is C15H15ClN3-. The quantitative estimate of drug-likeness (QED) is 0.736. The zero-order valence-corrected chi connectivity index (χ0v) is 11.8. The predicted molar refractivity (Wildman–Crippen MR) is 81.2 cm³/mol. The lowest BCUT2D eigenvalue weighted by Gasteiger charge is -2.24. The van der Waals surface area contributed by atoms with E-state index in [0.29, 0.717) is 12.4 Å². The molecule has 4 heteroatoms. The minimum absolute atomic E-state index is 0.395. The number of nitrogens with zero attached hydrogens (tertiary/aromatic N) is 2. The van der Waals surface area contributed by atoms with Gasteiger partial charge in [0.1, 0.15) is 0 Å². The molecule has 1 aliphatic heterocycles. The molecule has 0 bridgehead atoms. The third-order valence-corrected chi connectivity index (χ3v) is 3.99. The Balaban J connectivity index is 2.31. The molecule has 2 aromatic rings. The summed E-state index contributed by atoms with van der Waals surface area (Å²) in [7, 11) is 0. The molecule has 19 heavy (non-hydrogen) atoms. The number of amidine groups is 1. The Morgan fingerprint density at radius 1 is 1.21 bits per heavy atom. The van der Waals surface area contributed by atoms with Gasteiger partial charge < -0.3 is 15.3 Å². The molecule has 3 nitrogen and oxygen atoms in total. The van der Waals surface area contributed by atoms with Gasteiger partial charge in [0, 0.05) is 28.2 Å². The summed E-state index contributed by atoms with van der Waals surface area (Å²) in [5, 5.41) is 14.1. The van der Waals surface area contributed by atoms with Crippen molar-refractivity contribution in [1.82, 2.24) is 4.57 Å². The van der Waals surface area contributed by atoms with Gasteiger partial charge in [0.25, 0.3) is 0 Å². The number of halogens is 1. The van der Waals surface area contributed by atoms with E-state index in [2.05, 4.69) is 28.9 Å². The van der Waals surface area contributed by atoms with Crippen LogP contribution in [0.5, 0.6) is 0 Å². The molecule has 0 atom stereocenters. The zero-order chi connectivity index (χ0) is 13.6. The van der Waals surface area contributed by atoms with Crippen molar-refractivity contribution >= 4 is 33.9 Å². The number of hydrogen-bond acceptors (Lipinski definition) is 1. The van der Waals surface area contributed by atoms with Gasteiger partial charge in [-0.3, -0.25) is 0 Å². The maximum Gasteiger partial charge on any atom is 0.0486 e. The molecule has 0 aliphatic carbocycles. The fourth-order valence-electron chi connectivity index (χ4n) is 2.54. The molecule has 0 amide bonds. The van der Waals surface area contributed by atoms with Gasteiger partial charge in [0.05, 0.1) is 0 Å². The third kappa shape index (κ3) is 1.94. The predicted octanol–water partition coefficient (Wildman–Crippen LogP) is 4.45. The van der Waals surface area contributed by atoms with Gasteiger partial charge in [0.2, 0.25) is 0 Å². The molecule has 1 aromatic carbocycles. The van der Waals surface area contributed by atoms with Gasteiger partial charge in [-0.15, -0.1) is 0 Å². The molecule has 98 valence electrons. The summed E-state index contributed by atoms with van der Waals surface area (Å²) < 4.78 is 2.26. The highest BCUT2D eigenvalue weighted by molar-refractivity contribution is 6.31. The lowest BCUT2D eigenvalue weighted by atomic mass is 10.1. The van der Waals surface area contributed by atoms with Crippen molar-refractivity contribution in [2.75, 3.05) is 6.54 Å². The summed E-state index contributed by atoms with van der Waals surface area (Å²) in [5.74, 6) is 0.395. The van der Waals surface area contributed by atoms with Crippen LogP contribution >= 0.6 is 11.6 Å². The summed E-state index contributed by atoms with van der Waals surface area (Å²) >= 11 is 6.06. The van der Waals surface area contributed by atoms with Gasteiger partial charge >= 0.3 is 0 Å². The molecule has 3 rings (SSSR count).